The molecule has 0 aliphatic heterocycles. The molecule has 6 nitrogen and oxygen atoms in total. The number of hydrazone groups is 1. The second-order valence-corrected chi connectivity index (χ2v) is 4.60. The third-order valence-corrected chi connectivity index (χ3v) is 3.14. The molecular weight excluding hydrogens is 316 g/mol. The molecule has 116 valence electrons. The van der Waals surface area contributed by atoms with Gasteiger partial charge in [0.15, 0.2) is 0 Å². The van der Waals surface area contributed by atoms with Crippen LogP contribution in [0.2, 0.25) is 0 Å². The molecule has 1 N–H and O–H groups in total. The Morgan fingerprint density at radius 2 is 1.83 bits per heavy atom. The van der Waals surface area contributed by atoms with Crippen LogP contribution in [0.1, 0.15) is 5.56 Å². The fraction of sp³-hybridized carbons (Fsp3) is 0. The summed E-state index contributed by atoms with van der Waals surface area (Å²) in [5.41, 5.74) is 5.42. The number of nitrogens with zero attached hydrogens (tertiary/aromatic N) is 3. The smallest absolute Gasteiger partial charge is 0.269 e. The zero-order valence-electron chi connectivity index (χ0n) is 11.9. The van der Waals surface area contributed by atoms with E-state index in [1.807, 2.05) is 30.3 Å². The van der Waals surface area contributed by atoms with E-state index in [4.69, 9.17) is 0 Å². The quantitative estimate of drug-likeness (QED) is 0.445. The first-order valence-electron chi connectivity index (χ1n) is 6.61. The first kappa shape index (κ1) is 16.4. The fourth-order valence-electron chi connectivity index (χ4n) is 2.05. The number of para-hydroxylation sites is 1. The van der Waals surface area contributed by atoms with Crippen LogP contribution in [0.15, 0.2) is 65.9 Å². The van der Waals surface area contributed by atoms with Crippen molar-refractivity contribution in [2.45, 2.75) is 0 Å². The van der Waals surface area contributed by atoms with E-state index in [0.29, 0.717) is 0 Å². The summed E-state index contributed by atoms with van der Waals surface area (Å²) in [7, 11) is 0. The summed E-state index contributed by atoms with van der Waals surface area (Å²) in [4.78, 5) is 14.5. The molecule has 1 heterocycles. The topological polar surface area (TPSA) is 80.4 Å². The van der Waals surface area contributed by atoms with E-state index >= 15 is 0 Å². The minimum Gasteiger partial charge on any atom is -0.276 e. The highest BCUT2D eigenvalue weighted by Gasteiger charge is 2.03. The highest BCUT2D eigenvalue weighted by Crippen LogP contribution is 2.20. The molecule has 0 radical (unpaired) electrons. The Morgan fingerprint density at radius 3 is 2.57 bits per heavy atom. The van der Waals surface area contributed by atoms with Gasteiger partial charge in [-0.15, -0.1) is 12.4 Å². The second kappa shape index (κ2) is 7.33. The maximum Gasteiger partial charge on any atom is 0.269 e. The summed E-state index contributed by atoms with van der Waals surface area (Å²) in [6.07, 6.45) is 3.33. The molecule has 7 heteroatoms. The SMILES string of the molecule is Cl.O=[N+]([O-])c1ccc(/C=N/Nc2cccc3cccnc23)cc1. The molecule has 0 aliphatic carbocycles. The van der Waals surface area contributed by atoms with Gasteiger partial charge in [-0.2, -0.15) is 5.10 Å². The van der Waals surface area contributed by atoms with Gasteiger partial charge in [-0.25, -0.2) is 0 Å². The number of nitro groups is 1. The zero-order valence-corrected chi connectivity index (χ0v) is 12.7. The summed E-state index contributed by atoms with van der Waals surface area (Å²) in [6, 6.07) is 15.8. The molecule has 3 aromatic rings. The van der Waals surface area contributed by atoms with Crippen molar-refractivity contribution in [3.05, 3.63) is 76.5 Å². The van der Waals surface area contributed by atoms with Gasteiger partial charge in [0.25, 0.3) is 5.69 Å². The molecule has 0 saturated carbocycles. The van der Waals surface area contributed by atoms with Gasteiger partial charge >= 0.3 is 0 Å². The van der Waals surface area contributed by atoms with Crippen molar-refractivity contribution in [2.24, 2.45) is 5.10 Å². The zero-order chi connectivity index (χ0) is 15.4. The largest absolute Gasteiger partial charge is 0.276 e. The van der Waals surface area contributed by atoms with Crippen molar-refractivity contribution in [1.82, 2.24) is 4.98 Å². The number of non-ortho nitro benzene ring substituents is 1. The molecule has 0 unspecified atom stereocenters. The van der Waals surface area contributed by atoms with Crippen molar-refractivity contribution in [3.63, 3.8) is 0 Å². The first-order valence-corrected chi connectivity index (χ1v) is 6.61. The molecule has 0 fully saturated rings. The van der Waals surface area contributed by atoms with Crippen LogP contribution in [0.25, 0.3) is 10.9 Å². The van der Waals surface area contributed by atoms with E-state index in [1.54, 1.807) is 24.5 Å². The standard InChI is InChI=1S/C16H12N4O2.ClH/c21-20(22)14-8-6-12(7-9-14)11-18-19-15-5-1-3-13-4-2-10-17-16(13)15;/h1-11,19H;1H/b18-11+;. The average Bonchev–Trinajstić information content (AvgIpc) is 2.55. The minimum atomic E-state index is -0.430. The number of benzene rings is 2. The fourth-order valence-corrected chi connectivity index (χ4v) is 2.05. The van der Waals surface area contributed by atoms with Crippen LogP contribution in [0.5, 0.6) is 0 Å². The number of hydrogen-bond donors (Lipinski definition) is 1. The molecule has 0 amide bonds. The van der Waals surface area contributed by atoms with E-state index in [2.05, 4.69) is 15.5 Å². The Bertz CT molecular complexity index is 845. The van der Waals surface area contributed by atoms with Gasteiger partial charge in [-0.3, -0.25) is 20.5 Å². The summed E-state index contributed by atoms with van der Waals surface area (Å²) in [5.74, 6) is 0. The van der Waals surface area contributed by atoms with Gasteiger partial charge in [-0.05, 0) is 29.8 Å². The van der Waals surface area contributed by atoms with E-state index in [1.165, 1.54) is 12.1 Å². The van der Waals surface area contributed by atoms with Crippen LogP contribution >= 0.6 is 12.4 Å². The third kappa shape index (κ3) is 3.81. The lowest BCUT2D eigenvalue weighted by Crippen LogP contribution is -1.93. The van der Waals surface area contributed by atoms with Crippen molar-refractivity contribution in [3.8, 4) is 0 Å². The molecule has 3 rings (SSSR count). The van der Waals surface area contributed by atoms with E-state index in [0.717, 1.165) is 22.2 Å². The molecule has 0 atom stereocenters. The van der Waals surface area contributed by atoms with Gasteiger partial charge in [0.2, 0.25) is 0 Å². The maximum atomic E-state index is 10.6. The van der Waals surface area contributed by atoms with Crippen molar-refractivity contribution < 1.29 is 4.92 Å². The highest BCUT2D eigenvalue weighted by molar-refractivity contribution is 5.90. The van der Waals surface area contributed by atoms with Gasteiger partial charge in [-0.1, -0.05) is 18.2 Å². The van der Waals surface area contributed by atoms with Gasteiger partial charge in [0.1, 0.15) is 0 Å². The molecule has 0 saturated heterocycles. The Labute approximate surface area is 138 Å². The number of pyridine rings is 1. The maximum absolute atomic E-state index is 10.6. The molecule has 0 spiro atoms. The number of hydrogen-bond acceptors (Lipinski definition) is 5. The summed E-state index contributed by atoms with van der Waals surface area (Å²) in [6.45, 7) is 0. The predicted octanol–water partition coefficient (Wildman–Crippen LogP) is 4.01. The Kier molecular flexibility index (Phi) is 5.22. The van der Waals surface area contributed by atoms with Gasteiger partial charge in [0, 0.05) is 23.7 Å². The Balaban J connectivity index is 0.00000192. The lowest BCUT2D eigenvalue weighted by atomic mass is 10.2. The molecule has 23 heavy (non-hydrogen) atoms. The molecule has 0 aliphatic rings. The van der Waals surface area contributed by atoms with Crippen LogP contribution in [-0.4, -0.2) is 16.1 Å². The lowest BCUT2D eigenvalue weighted by molar-refractivity contribution is -0.384. The Hall–Kier alpha value is -2.99. The Morgan fingerprint density at radius 1 is 1.09 bits per heavy atom. The van der Waals surface area contributed by atoms with E-state index in [-0.39, 0.29) is 18.1 Å². The van der Waals surface area contributed by atoms with E-state index in [9.17, 15) is 10.1 Å². The van der Waals surface area contributed by atoms with Crippen molar-refractivity contribution in [2.75, 3.05) is 5.43 Å². The van der Waals surface area contributed by atoms with Crippen LogP contribution < -0.4 is 5.43 Å². The number of rotatable bonds is 4. The molecular formula is C16H13ClN4O2. The number of nitro benzene ring substituents is 1. The second-order valence-electron chi connectivity index (χ2n) is 4.60. The van der Waals surface area contributed by atoms with Crippen molar-refractivity contribution >= 4 is 40.9 Å². The minimum absolute atomic E-state index is 0. The monoisotopic (exact) mass is 328 g/mol. The van der Waals surface area contributed by atoms with Crippen LogP contribution in [0.3, 0.4) is 0 Å². The average molecular weight is 329 g/mol. The van der Waals surface area contributed by atoms with E-state index < -0.39 is 4.92 Å². The summed E-state index contributed by atoms with van der Waals surface area (Å²) >= 11 is 0. The lowest BCUT2D eigenvalue weighted by Gasteiger charge is -2.04. The van der Waals surface area contributed by atoms with Crippen LogP contribution in [0.4, 0.5) is 11.4 Å². The highest BCUT2D eigenvalue weighted by atomic mass is 35.5. The van der Waals surface area contributed by atoms with Crippen LogP contribution in [-0.2, 0) is 0 Å². The summed E-state index contributed by atoms with van der Waals surface area (Å²) < 4.78 is 0. The number of halogens is 1. The van der Waals surface area contributed by atoms with Gasteiger partial charge in [0.05, 0.1) is 22.3 Å². The number of anilines is 1. The molecule has 2 aromatic carbocycles. The summed E-state index contributed by atoms with van der Waals surface area (Å²) in [5, 5.41) is 15.8. The molecule has 1 aromatic heterocycles. The van der Waals surface area contributed by atoms with Gasteiger partial charge < -0.3 is 0 Å². The number of nitrogens with one attached hydrogen (secondary N) is 1. The normalized spacial score (nSPS) is 10.4. The number of aromatic nitrogens is 1. The van der Waals surface area contributed by atoms with Crippen LogP contribution in [0, 0.1) is 10.1 Å². The molecule has 0 bridgehead atoms. The first-order chi connectivity index (χ1) is 10.7. The third-order valence-electron chi connectivity index (χ3n) is 3.14. The van der Waals surface area contributed by atoms with Crippen molar-refractivity contribution in [1.29, 1.82) is 0 Å². The number of fused-ring (bicyclic) bond motifs is 1. The predicted molar refractivity (Wildman–Crippen MR) is 93.3 cm³/mol.